The molecule has 1 aromatic carbocycles. The lowest BCUT2D eigenvalue weighted by Gasteiger charge is -2.19. The zero-order chi connectivity index (χ0) is 18.2. The van der Waals surface area contributed by atoms with E-state index in [-0.39, 0.29) is 6.04 Å². The van der Waals surface area contributed by atoms with Crippen LogP contribution in [0.2, 0.25) is 0 Å². The van der Waals surface area contributed by atoms with Gasteiger partial charge in [-0.15, -0.1) is 0 Å². The number of nitrogens with zero attached hydrogens (tertiary/aromatic N) is 1. The topological polar surface area (TPSA) is 49.6 Å². The quantitative estimate of drug-likeness (QED) is 0.453. The van der Waals surface area contributed by atoms with Gasteiger partial charge in [-0.3, -0.25) is 0 Å². The summed E-state index contributed by atoms with van der Waals surface area (Å²) in [5.41, 5.74) is 1.56. The highest BCUT2D eigenvalue weighted by molar-refractivity contribution is 5.80. The second-order valence-electron chi connectivity index (χ2n) is 5.92. The molecule has 0 saturated heterocycles. The largest absolute Gasteiger partial charge is 0.469 e. The first kappa shape index (κ1) is 18.7. The summed E-state index contributed by atoms with van der Waals surface area (Å²) in [6.07, 6.45) is 2.34. The lowest BCUT2D eigenvalue weighted by molar-refractivity contribution is 0.503. The molecule has 1 atom stereocenters. The van der Waals surface area contributed by atoms with E-state index >= 15 is 0 Å². The molecule has 1 unspecified atom stereocenters. The monoisotopic (exact) mass is 347 g/mol. The molecule has 0 bridgehead atoms. The third kappa shape index (κ3) is 6.06. The summed E-state index contributed by atoms with van der Waals surface area (Å²) in [6.45, 7) is 8.69. The molecule has 0 aliphatic heterocycles. The van der Waals surface area contributed by atoms with Crippen molar-refractivity contribution in [2.24, 2.45) is 4.99 Å². The Morgan fingerprint density at radius 2 is 2.08 bits per heavy atom. The molecule has 4 nitrogen and oxygen atoms in total. The van der Waals surface area contributed by atoms with Crippen molar-refractivity contribution in [2.75, 3.05) is 13.1 Å². The highest BCUT2D eigenvalue weighted by Gasteiger charge is 2.11. The van der Waals surface area contributed by atoms with Crippen LogP contribution < -0.4 is 10.6 Å². The van der Waals surface area contributed by atoms with E-state index in [1.54, 1.807) is 12.3 Å². The van der Waals surface area contributed by atoms with E-state index in [0.29, 0.717) is 31.0 Å². The maximum Gasteiger partial charge on any atom is 0.192 e. The summed E-state index contributed by atoms with van der Waals surface area (Å²) in [7, 11) is 0. The molecule has 2 N–H and O–H groups in total. The van der Waals surface area contributed by atoms with E-state index in [1.807, 2.05) is 26.0 Å². The van der Waals surface area contributed by atoms with E-state index in [9.17, 15) is 8.78 Å². The van der Waals surface area contributed by atoms with Gasteiger partial charge in [0.05, 0.1) is 18.8 Å². The van der Waals surface area contributed by atoms with E-state index in [2.05, 4.69) is 22.2 Å². The Labute approximate surface area is 146 Å². The van der Waals surface area contributed by atoms with Crippen molar-refractivity contribution >= 4 is 5.96 Å². The molecule has 0 spiro atoms. The van der Waals surface area contributed by atoms with Crippen LogP contribution in [0.5, 0.6) is 0 Å². The summed E-state index contributed by atoms with van der Waals surface area (Å²) in [5, 5.41) is 6.40. The molecule has 0 fully saturated rings. The summed E-state index contributed by atoms with van der Waals surface area (Å²) in [5.74, 6) is -0.270. The number of furan rings is 1. The summed E-state index contributed by atoms with van der Waals surface area (Å²) >= 11 is 0. The van der Waals surface area contributed by atoms with Gasteiger partial charge in [0.15, 0.2) is 17.6 Å². The molecular formula is C19H23F2N3O. The van der Waals surface area contributed by atoms with Gasteiger partial charge in [-0.25, -0.2) is 13.8 Å². The Bertz CT molecular complexity index is 726. The van der Waals surface area contributed by atoms with Crippen LogP contribution >= 0.6 is 0 Å². The Morgan fingerprint density at radius 1 is 1.28 bits per heavy atom. The molecule has 2 aromatic rings. The standard InChI is InChI=1S/C19H23F2N3O/c1-13(2)12-23-19(22-9-8-16-5-4-10-25-16)24-14(3)15-6-7-17(20)18(21)11-15/h4-7,10-11,14H,1,8-9,12H2,2-3H3,(H2,22,23,24). The summed E-state index contributed by atoms with van der Waals surface area (Å²) in [4.78, 5) is 4.44. The van der Waals surface area contributed by atoms with Gasteiger partial charge < -0.3 is 15.1 Å². The van der Waals surface area contributed by atoms with Crippen molar-refractivity contribution in [3.8, 4) is 0 Å². The highest BCUT2D eigenvalue weighted by Crippen LogP contribution is 2.15. The zero-order valence-corrected chi connectivity index (χ0v) is 14.5. The van der Waals surface area contributed by atoms with Crippen LogP contribution in [-0.2, 0) is 6.42 Å². The van der Waals surface area contributed by atoms with Crippen LogP contribution in [0.15, 0.2) is 58.2 Å². The Hall–Kier alpha value is -2.63. The van der Waals surface area contributed by atoms with Gasteiger partial charge in [0.25, 0.3) is 0 Å². The first-order valence-corrected chi connectivity index (χ1v) is 8.12. The first-order valence-electron chi connectivity index (χ1n) is 8.12. The summed E-state index contributed by atoms with van der Waals surface area (Å²) in [6, 6.07) is 7.37. The number of rotatable bonds is 7. The number of benzene rings is 1. The van der Waals surface area contributed by atoms with Gasteiger partial charge in [0.1, 0.15) is 5.76 Å². The summed E-state index contributed by atoms with van der Waals surface area (Å²) < 4.78 is 31.8. The van der Waals surface area contributed by atoms with Crippen LogP contribution in [0.25, 0.3) is 0 Å². The van der Waals surface area contributed by atoms with E-state index in [1.165, 1.54) is 6.07 Å². The van der Waals surface area contributed by atoms with Crippen LogP contribution in [0.3, 0.4) is 0 Å². The molecule has 25 heavy (non-hydrogen) atoms. The van der Waals surface area contributed by atoms with E-state index in [4.69, 9.17) is 4.42 Å². The van der Waals surface area contributed by atoms with Gasteiger partial charge in [0.2, 0.25) is 0 Å². The SMILES string of the molecule is C=C(C)CN=C(NCCc1ccco1)NC(C)c1ccc(F)c(F)c1. The van der Waals surface area contributed by atoms with Crippen molar-refractivity contribution < 1.29 is 13.2 Å². The minimum Gasteiger partial charge on any atom is -0.469 e. The lowest BCUT2D eigenvalue weighted by atomic mass is 10.1. The van der Waals surface area contributed by atoms with E-state index in [0.717, 1.165) is 17.4 Å². The molecule has 0 amide bonds. The Balaban J connectivity index is 1.99. The number of hydrogen-bond acceptors (Lipinski definition) is 2. The van der Waals surface area contributed by atoms with Crippen molar-refractivity contribution in [3.63, 3.8) is 0 Å². The molecule has 0 aliphatic rings. The van der Waals surface area contributed by atoms with Crippen LogP contribution in [0.1, 0.15) is 31.2 Å². The van der Waals surface area contributed by atoms with E-state index < -0.39 is 11.6 Å². The molecule has 0 saturated carbocycles. The maximum absolute atomic E-state index is 13.4. The second kappa shape index (κ2) is 9.01. The predicted molar refractivity (Wildman–Crippen MR) is 95.4 cm³/mol. The van der Waals surface area contributed by atoms with Gasteiger partial charge in [-0.2, -0.15) is 0 Å². The minimum atomic E-state index is -0.864. The van der Waals surface area contributed by atoms with Crippen molar-refractivity contribution in [1.29, 1.82) is 0 Å². The third-order valence-corrected chi connectivity index (χ3v) is 3.55. The van der Waals surface area contributed by atoms with Gasteiger partial charge in [-0.1, -0.05) is 18.2 Å². The molecular weight excluding hydrogens is 324 g/mol. The van der Waals surface area contributed by atoms with Crippen molar-refractivity contribution in [2.45, 2.75) is 26.3 Å². The fourth-order valence-corrected chi connectivity index (χ4v) is 2.20. The fraction of sp³-hybridized carbons (Fsp3) is 0.316. The molecule has 0 aliphatic carbocycles. The second-order valence-corrected chi connectivity index (χ2v) is 5.92. The number of nitrogens with one attached hydrogen (secondary N) is 2. The molecule has 6 heteroatoms. The number of halogens is 2. The molecule has 1 heterocycles. The normalized spacial score (nSPS) is 12.7. The Morgan fingerprint density at radius 3 is 2.72 bits per heavy atom. The number of hydrogen-bond donors (Lipinski definition) is 2. The molecule has 0 radical (unpaired) electrons. The van der Waals surface area contributed by atoms with Crippen LogP contribution in [-0.4, -0.2) is 19.0 Å². The highest BCUT2D eigenvalue weighted by atomic mass is 19.2. The zero-order valence-electron chi connectivity index (χ0n) is 14.5. The molecule has 134 valence electrons. The molecule has 1 aromatic heterocycles. The van der Waals surface area contributed by atoms with Crippen molar-refractivity contribution in [1.82, 2.24) is 10.6 Å². The van der Waals surface area contributed by atoms with Gasteiger partial charge in [-0.05, 0) is 43.7 Å². The van der Waals surface area contributed by atoms with Crippen molar-refractivity contribution in [3.05, 3.63) is 71.7 Å². The number of aliphatic imine (C=N–C) groups is 1. The first-order chi connectivity index (χ1) is 12.0. The minimum absolute atomic E-state index is 0.241. The average molecular weight is 347 g/mol. The van der Waals surface area contributed by atoms with Crippen LogP contribution in [0.4, 0.5) is 8.78 Å². The fourth-order valence-electron chi connectivity index (χ4n) is 2.20. The molecule has 2 rings (SSSR count). The Kier molecular flexibility index (Phi) is 6.74. The average Bonchev–Trinajstić information content (AvgIpc) is 3.08. The lowest BCUT2D eigenvalue weighted by Crippen LogP contribution is -2.40. The smallest absolute Gasteiger partial charge is 0.192 e. The maximum atomic E-state index is 13.4. The van der Waals surface area contributed by atoms with Gasteiger partial charge >= 0.3 is 0 Å². The third-order valence-electron chi connectivity index (χ3n) is 3.55. The van der Waals surface area contributed by atoms with Crippen LogP contribution in [0, 0.1) is 11.6 Å². The van der Waals surface area contributed by atoms with Gasteiger partial charge in [0, 0.05) is 13.0 Å². The predicted octanol–water partition coefficient (Wildman–Crippen LogP) is 3.97. The number of guanidine groups is 1.